The van der Waals surface area contributed by atoms with Gasteiger partial charge in [0.15, 0.2) is 5.96 Å². The van der Waals surface area contributed by atoms with Crippen LogP contribution in [-0.4, -0.2) is 34.6 Å². The number of benzene rings is 2. The van der Waals surface area contributed by atoms with Gasteiger partial charge in [-0.2, -0.15) is 0 Å². The minimum atomic E-state index is -0.980. The lowest BCUT2D eigenvalue weighted by atomic mass is 9.57. The van der Waals surface area contributed by atoms with E-state index in [9.17, 15) is 9.90 Å². The number of rotatable bonds is 14. The molecule has 0 radical (unpaired) electrons. The second-order valence-corrected chi connectivity index (χ2v) is 12.3. The summed E-state index contributed by atoms with van der Waals surface area (Å²) >= 11 is 0. The lowest BCUT2D eigenvalue weighted by molar-refractivity contribution is -0.131. The SMILES string of the molecule is CCCCCCCCC1c2cc3ccccc3cc2C2CCC(C(Nc3ccc[nH]3)C(=CC(=O)O)CN=C(N)N)C1C2. The molecule has 2 bridgehead atoms. The summed E-state index contributed by atoms with van der Waals surface area (Å²) in [5, 5.41) is 16.2. The minimum absolute atomic E-state index is 0.0342. The first-order valence-electron chi connectivity index (χ1n) is 15.9. The molecule has 2 aliphatic carbocycles. The van der Waals surface area contributed by atoms with Gasteiger partial charge in [-0.1, -0.05) is 81.8 Å². The fourth-order valence-electron chi connectivity index (χ4n) is 7.72. The highest BCUT2D eigenvalue weighted by molar-refractivity contribution is 5.85. The molecule has 1 fully saturated rings. The fraction of sp³-hybridized carbons (Fsp3) is 0.486. The van der Waals surface area contributed by atoms with E-state index in [1.807, 2.05) is 18.3 Å². The average Bonchev–Trinajstić information content (AvgIpc) is 3.50. The standard InChI is InChI=1S/C35H47N5O2/c1-2-3-4-5-6-7-13-27-30-20-25(29-18-23-11-8-9-12-24(23)19-31(27)29)15-16-28(30)34(40-32-14-10-17-38-32)26(21-33(41)42)22-39-35(36)37/h8-12,14,17-19,21,25,27-28,30,34,38,40H,2-7,13,15-16,20,22H2,1H3,(H,41,42)(H4,36,37,39). The zero-order valence-corrected chi connectivity index (χ0v) is 24.9. The molecular weight excluding hydrogens is 522 g/mol. The van der Waals surface area contributed by atoms with Crippen LogP contribution in [-0.2, 0) is 4.79 Å². The van der Waals surface area contributed by atoms with E-state index >= 15 is 0 Å². The van der Waals surface area contributed by atoms with Crippen molar-refractivity contribution in [2.75, 3.05) is 11.9 Å². The molecule has 0 amide bonds. The molecule has 5 atom stereocenters. The van der Waals surface area contributed by atoms with Gasteiger partial charge in [0, 0.05) is 12.3 Å². The third-order valence-electron chi connectivity index (χ3n) is 9.62. The van der Waals surface area contributed by atoms with Gasteiger partial charge in [-0.25, -0.2) is 9.79 Å². The Morgan fingerprint density at radius 1 is 1.05 bits per heavy atom. The Bertz CT molecular complexity index is 1390. The van der Waals surface area contributed by atoms with Crippen LogP contribution >= 0.6 is 0 Å². The summed E-state index contributed by atoms with van der Waals surface area (Å²) in [7, 11) is 0. The van der Waals surface area contributed by atoms with Crippen molar-refractivity contribution in [1.29, 1.82) is 0 Å². The molecule has 5 rings (SSSR count). The molecule has 3 aromatic rings. The molecule has 0 spiro atoms. The van der Waals surface area contributed by atoms with E-state index in [4.69, 9.17) is 11.5 Å². The number of fused-ring (bicyclic) bond motifs is 5. The van der Waals surface area contributed by atoms with Gasteiger partial charge in [-0.05, 0) is 89.0 Å². The van der Waals surface area contributed by atoms with Crippen molar-refractivity contribution in [3.8, 4) is 0 Å². The number of aliphatic carboxylic acids is 1. The zero-order chi connectivity index (χ0) is 29.5. The van der Waals surface area contributed by atoms with Gasteiger partial charge in [-0.15, -0.1) is 0 Å². The van der Waals surface area contributed by atoms with E-state index in [1.54, 1.807) is 0 Å². The first kappa shape index (κ1) is 29.7. The maximum Gasteiger partial charge on any atom is 0.328 e. The molecule has 5 unspecified atom stereocenters. The Labute approximate surface area is 249 Å². The van der Waals surface area contributed by atoms with Gasteiger partial charge < -0.3 is 26.9 Å². The Hall–Kier alpha value is -3.74. The number of hydrogen-bond donors (Lipinski definition) is 5. The summed E-state index contributed by atoms with van der Waals surface area (Å²) in [6.45, 7) is 2.42. The molecule has 0 saturated heterocycles. The molecule has 1 heterocycles. The van der Waals surface area contributed by atoms with E-state index in [-0.39, 0.29) is 24.5 Å². The molecule has 0 aliphatic heterocycles. The molecule has 7 nitrogen and oxygen atoms in total. The normalized spacial score (nSPS) is 22.4. The van der Waals surface area contributed by atoms with E-state index in [1.165, 1.54) is 66.5 Å². The second kappa shape index (κ2) is 14.0. The Kier molecular flexibility index (Phi) is 9.88. The molecule has 1 saturated carbocycles. The Balaban J connectivity index is 1.52. The lowest BCUT2D eigenvalue weighted by Crippen LogP contribution is -2.44. The third-order valence-corrected chi connectivity index (χ3v) is 9.62. The Morgan fingerprint density at radius 2 is 1.79 bits per heavy atom. The average molecular weight is 570 g/mol. The van der Waals surface area contributed by atoms with Crippen molar-refractivity contribution >= 4 is 28.5 Å². The van der Waals surface area contributed by atoms with Crippen molar-refractivity contribution in [3.05, 3.63) is 77.5 Å². The van der Waals surface area contributed by atoms with Crippen LogP contribution in [0.2, 0.25) is 0 Å². The summed E-state index contributed by atoms with van der Waals surface area (Å²) in [5.74, 6) is 1.49. The number of unbranched alkanes of at least 4 members (excludes halogenated alkanes) is 5. The van der Waals surface area contributed by atoms with Crippen molar-refractivity contribution in [2.45, 2.75) is 89.0 Å². The number of carboxylic acid groups (broad SMARTS) is 1. The van der Waals surface area contributed by atoms with Gasteiger partial charge >= 0.3 is 5.97 Å². The third kappa shape index (κ3) is 7.00. The number of H-pyrrole nitrogens is 1. The number of aromatic amines is 1. The van der Waals surface area contributed by atoms with E-state index in [0.29, 0.717) is 23.3 Å². The smallest absolute Gasteiger partial charge is 0.328 e. The zero-order valence-electron chi connectivity index (χ0n) is 24.9. The molecule has 2 aromatic carbocycles. The number of carboxylic acids is 1. The highest BCUT2D eigenvalue weighted by atomic mass is 16.4. The van der Waals surface area contributed by atoms with Gasteiger partial charge in [0.2, 0.25) is 0 Å². The van der Waals surface area contributed by atoms with Crippen molar-refractivity contribution < 1.29 is 9.90 Å². The van der Waals surface area contributed by atoms with Crippen LogP contribution < -0.4 is 16.8 Å². The summed E-state index contributed by atoms with van der Waals surface area (Å²) in [5.41, 5.74) is 15.2. The number of anilines is 1. The molecule has 7 heteroatoms. The number of guanidine groups is 1. The predicted octanol–water partition coefficient (Wildman–Crippen LogP) is 7.28. The summed E-state index contributed by atoms with van der Waals surface area (Å²) < 4.78 is 0. The van der Waals surface area contributed by atoms with Crippen LogP contribution in [0.25, 0.3) is 10.8 Å². The van der Waals surface area contributed by atoms with E-state index in [0.717, 1.165) is 31.5 Å². The number of nitrogens with zero attached hydrogens (tertiary/aromatic N) is 1. The van der Waals surface area contributed by atoms with Gasteiger partial charge in [0.05, 0.1) is 12.6 Å². The quantitative estimate of drug-likeness (QED) is 0.0603. The number of aromatic nitrogens is 1. The minimum Gasteiger partial charge on any atom is -0.478 e. The maximum absolute atomic E-state index is 12.0. The lowest BCUT2D eigenvalue weighted by Gasteiger charge is -2.49. The summed E-state index contributed by atoms with van der Waals surface area (Å²) in [6.07, 6.45) is 15.2. The Morgan fingerprint density at radius 3 is 2.48 bits per heavy atom. The number of carbonyl (C=O) groups is 1. The van der Waals surface area contributed by atoms with Gasteiger partial charge in [0.25, 0.3) is 0 Å². The maximum atomic E-state index is 12.0. The number of nitrogens with one attached hydrogen (secondary N) is 2. The molecular formula is C35H47N5O2. The first-order valence-corrected chi connectivity index (χ1v) is 15.9. The van der Waals surface area contributed by atoms with Crippen LogP contribution in [0.4, 0.5) is 5.82 Å². The largest absolute Gasteiger partial charge is 0.478 e. The molecule has 42 heavy (non-hydrogen) atoms. The summed E-state index contributed by atoms with van der Waals surface area (Å²) in [4.78, 5) is 19.6. The van der Waals surface area contributed by atoms with Gasteiger partial charge in [-0.3, -0.25) is 0 Å². The van der Waals surface area contributed by atoms with E-state index in [2.05, 4.69) is 58.6 Å². The topological polar surface area (TPSA) is 130 Å². The van der Waals surface area contributed by atoms with Crippen LogP contribution in [0, 0.1) is 11.8 Å². The second-order valence-electron chi connectivity index (χ2n) is 12.3. The monoisotopic (exact) mass is 569 g/mol. The molecule has 224 valence electrons. The number of hydrogen-bond acceptors (Lipinski definition) is 3. The predicted molar refractivity (Wildman–Crippen MR) is 173 cm³/mol. The first-order chi connectivity index (χ1) is 20.4. The highest BCUT2D eigenvalue weighted by Crippen LogP contribution is 2.56. The fourth-order valence-corrected chi connectivity index (χ4v) is 7.72. The molecule has 2 aliphatic rings. The van der Waals surface area contributed by atoms with E-state index < -0.39 is 5.97 Å². The number of aliphatic imine (C=N–C) groups is 1. The van der Waals surface area contributed by atoms with Crippen LogP contribution in [0.5, 0.6) is 0 Å². The van der Waals surface area contributed by atoms with Crippen LogP contribution in [0.1, 0.15) is 94.1 Å². The highest BCUT2D eigenvalue weighted by Gasteiger charge is 2.45. The van der Waals surface area contributed by atoms with Crippen LogP contribution in [0.15, 0.2) is 71.4 Å². The van der Waals surface area contributed by atoms with Crippen molar-refractivity contribution in [1.82, 2.24) is 4.98 Å². The summed E-state index contributed by atoms with van der Waals surface area (Å²) in [6, 6.07) is 17.4. The number of nitrogens with two attached hydrogens (primary N) is 2. The van der Waals surface area contributed by atoms with Crippen molar-refractivity contribution in [2.24, 2.45) is 28.3 Å². The molecule has 1 aromatic heterocycles. The van der Waals surface area contributed by atoms with Gasteiger partial charge in [0.1, 0.15) is 5.82 Å². The molecule has 7 N–H and O–H groups in total. The van der Waals surface area contributed by atoms with Crippen molar-refractivity contribution in [3.63, 3.8) is 0 Å². The van der Waals surface area contributed by atoms with Crippen LogP contribution in [0.3, 0.4) is 0 Å².